The van der Waals surface area contributed by atoms with Crippen LogP contribution in [0.1, 0.15) is 46.7 Å². The van der Waals surface area contributed by atoms with Crippen LogP contribution < -0.4 is 19.9 Å². The zero-order chi connectivity index (χ0) is 31.4. The lowest BCUT2D eigenvalue weighted by atomic mass is 9.76. The van der Waals surface area contributed by atoms with Crippen molar-refractivity contribution >= 4 is 35.0 Å². The first kappa shape index (κ1) is 31.9. The molecule has 0 saturated carbocycles. The Morgan fingerprint density at radius 2 is 1.64 bits per heavy atom. The Bertz CT molecular complexity index is 1480. The van der Waals surface area contributed by atoms with Gasteiger partial charge in [0.15, 0.2) is 11.5 Å². The maximum atomic E-state index is 13.9. The zero-order valence-electron chi connectivity index (χ0n) is 25.4. The van der Waals surface area contributed by atoms with Gasteiger partial charge in [0.1, 0.15) is 0 Å². The van der Waals surface area contributed by atoms with E-state index in [0.717, 1.165) is 43.5 Å². The highest BCUT2D eigenvalue weighted by atomic mass is 35.5. The van der Waals surface area contributed by atoms with Crippen LogP contribution in [0.25, 0.3) is 0 Å². The van der Waals surface area contributed by atoms with Gasteiger partial charge in [-0.15, -0.1) is 0 Å². The fourth-order valence-electron chi connectivity index (χ4n) is 6.83. The van der Waals surface area contributed by atoms with E-state index in [-0.39, 0.29) is 29.1 Å². The van der Waals surface area contributed by atoms with Crippen molar-refractivity contribution in [1.29, 1.82) is 0 Å². The Morgan fingerprint density at radius 1 is 0.932 bits per heavy atom. The summed E-state index contributed by atoms with van der Waals surface area (Å²) in [7, 11) is 4.59. The summed E-state index contributed by atoms with van der Waals surface area (Å²) in [5.41, 5.74) is 8.22. The van der Waals surface area contributed by atoms with E-state index in [9.17, 15) is 9.59 Å². The molecule has 2 aliphatic rings. The minimum Gasteiger partial charge on any atom is -0.493 e. The normalized spacial score (nSPS) is 22.1. The highest BCUT2D eigenvalue weighted by Crippen LogP contribution is 2.43. The topological polar surface area (TPSA) is 94.3 Å². The second-order valence-corrected chi connectivity index (χ2v) is 12.5. The number of likely N-dealkylation sites (tertiary alicyclic amines) is 2. The number of methoxy groups -OCH3 is 3. The molecule has 10 heteroatoms. The summed E-state index contributed by atoms with van der Waals surface area (Å²) in [4.78, 5) is 30.7. The summed E-state index contributed by atoms with van der Waals surface area (Å²) in [5.74, 6) is 0.722. The van der Waals surface area contributed by atoms with E-state index >= 15 is 0 Å². The van der Waals surface area contributed by atoms with Crippen molar-refractivity contribution < 1.29 is 23.8 Å². The molecule has 0 aromatic heterocycles. The van der Waals surface area contributed by atoms with E-state index in [1.807, 2.05) is 41.3 Å². The van der Waals surface area contributed by atoms with Gasteiger partial charge in [-0.1, -0.05) is 59.6 Å². The number of amides is 2. The molecule has 0 radical (unpaired) electrons. The quantitative estimate of drug-likeness (QED) is 0.302. The van der Waals surface area contributed by atoms with E-state index in [0.29, 0.717) is 52.5 Å². The van der Waals surface area contributed by atoms with Crippen LogP contribution >= 0.6 is 23.2 Å². The number of nitrogens with zero attached hydrogens (tertiary/aromatic N) is 2. The summed E-state index contributed by atoms with van der Waals surface area (Å²) < 4.78 is 16.4. The van der Waals surface area contributed by atoms with Crippen LogP contribution in [0.3, 0.4) is 0 Å². The molecule has 2 fully saturated rings. The molecule has 0 spiro atoms. The van der Waals surface area contributed by atoms with Gasteiger partial charge in [0.05, 0.1) is 37.3 Å². The number of hydrogen-bond acceptors (Lipinski definition) is 6. The van der Waals surface area contributed by atoms with Crippen LogP contribution in [-0.2, 0) is 10.2 Å². The molecule has 2 heterocycles. The Morgan fingerprint density at radius 3 is 2.25 bits per heavy atom. The standard InChI is InChI=1S/C34H39Cl2N3O5/c1-42-29-17-23(18-30(43-2)31(29)44-3)33(41)39-16-13-34(21-39,24-9-10-27(35)28(36)19-24)12-15-38-14-11-25(26(20-38)32(37)40)22-7-5-4-6-8-22/h4-10,17-19,25-26H,11-16,20-21H2,1-3H3,(H2,37,40)/t25-,26+,34-/m0/s1. The molecular weight excluding hydrogens is 601 g/mol. The van der Waals surface area contributed by atoms with Crippen molar-refractivity contribution in [2.75, 3.05) is 54.1 Å². The lowest BCUT2D eigenvalue weighted by molar-refractivity contribution is -0.124. The van der Waals surface area contributed by atoms with Crippen molar-refractivity contribution in [3.63, 3.8) is 0 Å². The summed E-state index contributed by atoms with van der Waals surface area (Å²) in [6.07, 6.45) is 2.37. The number of piperidine rings is 1. The molecule has 0 aliphatic carbocycles. The summed E-state index contributed by atoms with van der Waals surface area (Å²) in [5, 5.41) is 0.969. The average Bonchev–Trinajstić information content (AvgIpc) is 3.49. The Hall–Kier alpha value is -3.46. The van der Waals surface area contributed by atoms with Gasteiger partial charge in [0, 0.05) is 30.6 Å². The molecular formula is C34H39Cl2N3O5. The number of benzene rings is 3. The number of primary amides is 1. The second-order valence-electron chi connectivity index (χ2n) is 11.7. The van der Waals surface area contributed by atoms with Crippen LogP contribution in [0.4, 0.5) is 0 Å². The van der Waals surface area contributed by atoms with Crippen molar-refractivity contribution in [1.82, 2.24) is 9.80 Å². The van der Waals surface area contributed by atoms with Crippen molar-refractivity contribution in [2.24, 2.45) is 11.7 Å². The fourth-order valence-corrected chi connectivity index (χ4v) is 7.12. The maximum absolute atomic E-state index is 13.9. The van der Waals surface area contributed by atoms with Crippen LogP contribution in [0.5, 0.6) is 17.2 Å². The minimum atomic E-state index is -0.358. The molecule has 234 valence electrons. The average molecular weight is 641 g/mol. The van der Waals surface area contributed by atoms with Gasteiger partial charge in [-0.3, -0.25) is 9.59 Å². The summed E-state index contributed by atoms with van der Waals surface area (Å²) >= 11 is 12.8. The lowest BCUT2D eigenvalue weighted by Gasteiger charge is -2.39. The van der Waals surface area contributed by atoms with Gasteiger partial charge in [-0.05, 0) is 73.7 Å². The Balaban J connectivity index is 1.38. The SMILES string of the molecule is COc1cc(C(=O)N2CC[C@](CCN3CC[C@@H](c4ccccc4)[C@H](C(N)=O)C3)(c3ccc(Cl)c(Cl)c3)C2)cc(OC)c1OC. The third-order valence-electron chi connectivity index (χ3n) is 9.28. The molecule has 5 rings (SSSR count). The molecule has 0 unspecified atom stereocenters. The van der Waals surface area contributed by atoms with Crippen molar-refractivity contribution in [3.05, 3.63) is 87.4 Å². The third-order valence-corrected chi connectivity index (χ3v) is 10.0. The van der Waals surface area contributed by atoms with E-state index in [1.54, 1.807) is 12.1 Å². The van der Waals surface area contributed by atoms with E-state index in [2.05, 4.69) is 17.0 Å². The van der Waals surface area contributed by atoms with Gasteiger partial charge in [-0.2, -0.15) is 0 Å². The minimum absolute atomic E-state index is 0.104. The molecule has 44 heavy (non-hydrogen) atoms. The van der Waals surface area contributed by atoms with Gasteiger partial charge in [0.25, 0.3) is 5.91 Å². The smallest absolute Gasteiger partial charge is 0.254 e. The molecule has 2 saturated heterocycles. The third kappa shape index (κ3) is 6.48. The molecule has 3 aromatic rings. The summed E-state index contributed by atoms with van der Waals surface area (Å²) in [6, 6.07) is 19.3. The number of hydrogen-bond donors (Lipinski definition) is 1. The molecule has 0 bridgehead atoms. The van der Waals surface area contributed by atoms with Crippen LogP contribution in [0, 0.1) is 5.92 Å². The maximum Gasteiger partial charge on any atom is 0.254 e. The monoisotopic (exact) mass is 639 g/mol. The van der Waals surface area contributed by atoms with E-state index in [4.69, 9.17) is 43.1 Å². The van der Waals surface area contributed by atoms with Crippen molar-refractivity contribution in [3.8, 4) is 17.2 Å². The van der Waals surface area contributed by atoms with Crippen LogP contribution in [0.15, 0.2) is 60.7 Å². The van der Waals surface area contributed by atoms with Gasteiger partial charge in [0.2, 0.25) is 11.7 Å². The largest absolute Gasteiger partial charge is 0.493 e. The highest BCUT2D eigenvalue weighted by Gasteiger charge is 2.43. The second kappa shape index (κ2) is 13.7. The number of carbonyl (C=O) groups is 2. The fraction of sp³-hybridized carbons (Fsp3) is 0.412. The number of carbonyl (C=O) groups excluding carboxylic acids is 2. The van der Waals surface area contributed by atoms with Crippen LogP contribution in [0.2, 0.25) is 10.0 Å². The Kier molecular flexibility index (Phi) is 9.93. The predicted molar refractivity (Wildman–Crippen MR) is 172 cm³/mol. The summed E-state index contributed by atoms with van der Waals surface area (Å²) in [6.45, 7) is 3.27. The van der Waals surface area contributed by atoms with Gasteiger partial charge in [-0.25, -0.2) is 0 Å². The van der Waals surface area contributed by atoms with Gasteiger partial charge >= 0.3 is 0 Å². The van der Waals surface area contributed by atoms with E-state index in [1.165, 1.54) is 21.3 Å². The van der Waals surface area contributed by atoms with E-state index < -0.39 is 0 Å². The lowest BCUT2D eigenvalue weighted by Crippen LogP contribution is -2.46. The van der Waals surface area contributed by atoms with Crippen LogP contribution in [-0.4, -0.2) is 75.7 Å². The first-order valence-corrected chi connectivity index (χ1v) is 15.6. The molecule has 2 N–H and O–H groups in total. The molecule has 8 nitrogen and oxygen atoms in total. The Labute approximate surface area is 269 Å². The first-order chi connectivity index (χ1) is 21.2. The number of halogens is 2. The van der Waals surface area contributed by atoms with Gasteiger partial charge < -0.3 is 29.7 Å². The predicted octanol–water partition coefficient (Wildman–Crippen LogP) is 5.78. The highest BCUT2D eigenvalue weighted by molar-refractivity contribution is 6.42. The first-order valence-electron chi connectivity index (χ1n) is 14.8. The zero-order valence-corrected chi connectivity index (χ0v) is 26.9. The van der Waals surface area contributed by atoms with Crippen molar-refractivity contribution in [2.45, 2.75) is 30.6 Å². The number of nitrogens with two attached hydrogens (primary N) is 1. The number of rotatable bonds is 10. The molecule has 3 atom stereocenters. The molecule has 2 aliphatic heterocycles. The molecule has 2 amide bonds. The number of ether oxygens (including phenoxy) is 3. The molecule has 3 aromatic carbocycles.